The second-order valence-corrected chi connectivity index (χ2v) is 10.8. The maximum atomic E-state index is 12.4. The quantitative estimate of drug-likeness (QED) is 0.386. The molecule has 0 amide bonds. The molecule has 1 fully saturated rings. The first-order valence-corrected chi connectivity index (χ1v) is 13.2. The molecule has 0 bridgehead atoms. The molecule has 2 aliphatic carbocycles. The number of fused-ring (bicyclic) bond motifs is 3. The molecule has 0 radical (unpaired) electrons. The summed E-state index contributed by atoms with van der Waals surface area (Å²) in [6.07, 6.45) is 5.38. The first kappa shape index (κ1) is 25.0. The Bertz CT molecular complexity index is 1200. The minimum atomic E-state index is -0.339. The summed E-state index contributed by atoms with van der Waals surface area (Å²) in [5.74, 6) is 7.61. The zero-order valence-corrected chi connectivity index (χ0v) is 22.1. The van der Waals surface area contributed by atoms with Gasteiger partial charge in [0.1, 0.15) is 11.9 Å². The lowest BCUT2D eigenvalue weighted by atomic mass is 9.68. The van der Waals surface area contributed by atoms with E-state index in [1.54, 1.807) is 13.2 Å². The van der Waals surface area contributed by atoms with Gasteiger partial charge in [-0.15, -0.1) is 5.92 Å². The van der Waals surface area contributed by atoms with E-state index in [0.29, 0.717) is 24.0 Å². The summed E-state index contributed by atoms with van der Waals surface area (Å²) in [5.41, 5.74) is 4.00. The molecule has 0 saturated heterocycles. The van der Waals surface area contributed by atoms with E-state index < -0.39 is 0 Å². The fourth-order valence-corrected chi connectivity index (χ4v) is 6.54. The number of carbonyl (C=O) groups is 1. The highest BCUT2D eigenvalue weighted by atomic mass is 35.5. The van der Waals surface area contributed by atoms with E-state index in [1.165, 1.54) is 18.2 Å². The third-order valence-corrected chi connectivity index (χ3v) is 8.55. The lowest BCUT2D eigenvalue weighted by Crippen LogP contribution is -2.49. The van der Waals surface area contributed by atoms with Gasteiger partial charge < -0.3 is 19.1 Å². The molecule has 5 rings (SSSR count). The molecule has 190 valence electrons. The molecular weight excluding hydrogens is 474 g/mol. The van der Waals surface area contributed by atoms with Gasteiger partial charge in [0.05, 0.1) is 25.0 Å². The highest BCUT2D eigenvalue weighted by molar-refractivity contribution is 6.30. The van der Waals surface area contributed by atoms with Gasteiger partial charge in [-0.3, -0.25) is 0 Å². The zero-order chi connectivity index (χ0) is 25.3. The summed E-state index contributed by atoms with van der Waals surface area (Å²) in [7, 11) is 3.17. The highest BCUT2D eigenvalue weighted by Gasteiger charge is 2.44. The molecule has 2 aromatic carbocycles. The van der Waals surface area contributed by atoms with Crippen molar-refractivity contribution in [3.8, 4) is 17.6 Å². The van der Waals surface area contributed by atoms with Crippen LogP contribution in [0.25, 0.3) is 0 Å². The van der Waals surface area contributed by atoms with Gasteiger partial charge >= 0.3 is 5.97 Å². The van der Waals surface area contributed by atoms with Gasteiger partial charge in [0.15, 0.2) is 0 Å². The average Bonchev–Trinajstić information content (AvgIpc) is 3.02. The molecule has 1 heterocycles. The first-order valence-electron chi connectivity index (χ1n) is 12.8. The van der Waals surface area contributed by atoms with Crippen LogP contribution in [0.4, 0.5) is 5.69 Å². The number of benzene rings is 2. The third-order valence-electron chi connectivity index (χ3n) is 8.32. The van der Waals surface area contributed by atoms with Crippen LogP contribution in [0.5, 0.6) is 5.75 Å². The molecule has 6 heteroatoms. The Morgan fingerprint density at radius 2 is 2.11 bits per heavy atom. The van der Waals surface area contributed by atoms with E-state index in [1.807, 2.05) is 25.1 Å². The molecular formula is C30H34ClNO4. The maximum Gasteiger partial charge on any atom is 0.337 e. The van der Waals surface area contributed by atoms with E-state index in [-0.39, 0.29) is 17.5 Å². The fraction of sp³-hybridized carbons (Fsp3) is 0.500. The Labute approximate surface area is 219 Å². The van der Waals surface area contributed by atoms with Crippen molar-refractivity contribution in [2.24, 2.45) is 11.8 Å². The molecule has 1 aliphatic heterocycles. The van der Waals surface area contributed by atoms with Crippen molar-refractivity contribution >= 4 is 23.3 Å². The van der Waals surface area contributed by atoms with Crippen LogP contribution < -0.4 is 9.64 Å². The standard InChI is InChI=1S/C30H34ClNO4/c1-4-6-27(34-2)24-11-8-22(24)17-32-18-30(14-5-7-20-15-23(31)10-12-25(20)30)19-36-28-13-9-21(16-26(28)32)29(33)35-3/h9-10,12-13,15-16,22,24,27H,5,7-8,11,14,17-19H2,1-3H3/t22-,24+,27-,30-/m0/s1. The summed E-state index contributed by atoms with van der Waals surface area (Å²) in [6.45, 7) is 4.15. The van der Waals surface area contributed by atoms with Gasteiger partial charge in [0.25, 0.3) is 0 Å². The number of ether oxygens (including phenoxy) is 3. The molecule has 5 nitrogen and oxygen atoms in total. The largest absolute Gasteiger partial charge is 0.490 e. The normalized spacial score (nSPS) is 25.3. The van der Waals surface area contributed by atoms with Crippen LogP contribution in [0.15, 0.2) is 36.4 Å². The molecule has 3 aliphatic rings. The van der Waals surface area contributed by atoms with E-state index in [0.717, 1.165) is 61.7 Å². The van der Waals surface area contributed by atoms with Gasteiger partial charge in [-0.2, -0.15) is 0 Å². The number of esters is 1. The van der Waals surface area contributed by atoms with E-state index in [4.69, 9.17) is 25.8 Å². The molecule has 1 saturated carbocycles. The molecule has 36 heavy (non-hydrogen) atoms. The molecule has 4 atom stereocenters. The number of hydrogen-bond acceptors (Lipinski definition) is 5. The highest BCUT2D eigenvalue weighted by Crippen LogP contribution is 2.46. The summed E-state index contributed by atoms with van der Waals surface area (Å²) >= 11 is 6.37. The van der Waals surface area contributed by atoms with Gasteiger partial charge in [0.2, 0.25) is 0 Å². The van der Waals surface area contributed by atoms with Crippen molar-refractivity contribution in [3.63, 3.8) is 0 Å². The zero-order valence-electron chi connectivity index (χ0n) is 21.3. The molecule has 0 unspecified atom stereocenters. The smallest absolute Gasteiger partial charge is 0.337 e. The van der Waals surface area contributed by atoms with Crippen molar-refractivity contribution in [2.45, 2.75) is 50.5 Å². The van der Waals surface area contributed by atoms with Crippen LogP contribution in [-0.4, -0.2) is 46.0 Å². The van der Waals surface area contributed by atoms with Crippen molar-refractivity contribution < 1.29 is 19.0 Å². The number of halogens is 1. The van der Waals surface area contributed by atoms with Crippen LogP contribution in [0.2, 0.25) is 5.02 Å². The fourth-order valence-electron chi connectivity index (χ4n) is 6.35. The van der Waals surface area contributed by atoms with E-state index >= 15 is 0 Å². The first-order chi connectivity index (χ1) is 17.5. The lowest BCUT2D eigenvalue weighted by molar-refractivity contribution is 0.0191. The van der Waals surface area contributed by atoms with Crippen LogP contribution in [0, 0.1) is 23.7 Å². The molecule has 2 aromatic rings. The van der Waals surface area contributed by atoms with Gasteiger partial charge in [-0.1, -0.05) is 23.6 Å². The third kappa shape index (κ3) is 4.58. The topological polar surface area (TPSA) is 48.0 Å². The van der Waals surface area contributed by atoms with Crippen LogP contribution >= 0.6 is 11.6 Å². The minimum Gasteiger partial charge on any atom is -0.490 e. The van der Waals surface area contributed by atoms with Crippen molar-refractivity contribution in [3.05, 3.63) is 58.1 Å². The Morgan fingerprint density at radius 1 is 1.25 bits per heavy atom. The number of hydrogen-bond donors (Lipinski definition) is 0. The molecule has 1 spiro atoms. The van der Waals surface area contributed by atoms with Crippen LogP contribution in [-0.2, 0) is 21.3 Å². The summed E-state index contributed by atoms with van der Waals surface area (Å²) in [5, 5.41) is 0.781. The number of nitrogens with zero attached hydrogens (tertiary/aromatic N) is 1. The Hall–Kier alpha value is -2.68. The van der Waals surface area contributed by atoms with Crippen LogP contribution in [0.1, 0.15) is 54.1 Å². The Kier molecular flexibility index (Phi) is 7.19. The second kappa shape index (κ2) is 10.4. The Morgan fingerprint density at radius 3 is 2.83 bits per heavy atom. The van der Waals surface area contributed by atoms with Crippen molar-refractivity contribution in [1.82, 2.24) is 0 Å². The second-order valence-electron chi connectivity index (χ2n) is 10.3. The minimum absolute atomic E-state index is 0.0515. The number of anilines is 1. The Balaban J connectivity index is 1.53. The SMILES string of the molecule is CC#C[C@H](OC)[C@@H]1CC[C@H]1CN1C[C@@]2(CCCc3cc(Cl)ccc32)COc2ccc(C(=O)OC)cc21. The summed E-state index contributed by atoms with van der Waals surface area (Å²) in [6, 6.07) is 11.9. The van der Waals surface area contributed by atoms with Gasteiger partial charge in [-0.25, -0.2) is 4.79 Å². The number of rotatable bonds is 5. The number of aryl methyl sites for hydroxylation is 1. The molecule has 0 N–H and O–H groups in total. The van der Waals surface area contributed by atoms with Crippen molar-refractivity contribution in [1.29, 1.82) is 0 Å². The number of methoxy groups -OCH3 is 2. The van der Waals surface area contributed by atoms with Crippen LogP contribution in [0.3, 0.4) is 0 Å². The predicted molar refractivity (Wildman–Crippen MR) is 142 cm³/mol. The van der Waals surface area contributed by atoms with E-state index in [9.17, 15) is 4.79 Å². The summed E-state index contributed by atoms with van der Waals surface area (Å²) < 4.78 is 17.3. The lowest BCUT2D eigenvalue weighted by Gasteiger charge is -2.45. The van der Waals surface area contributed by atoms with Gasteiger partial charge in [-0.05, 0) is 86.4 Å². The maximum absolute atomic E-state index is 12.4. The summed E-state index contributed by atoms with van der Waals surface area (Å²) in [4.78, 5) is 14.8. The van der Waals surface area contributed by atoms with Crippen molar-refractivity contribution in [2.75, 3.05) is 38.8 Å². The van der Waals surface area contributed by atoms with E-state index in [2.05, 4.69) is 28.9 Å². The average molecular weight is 508 g/mol. The monoisotopic (exact) mass is 507 g/mol. The van der Waals surface area contributed by atoms with Gasteiger partial charge in [0, 0.05) is 36.6 Å². The molecule has 0 aromatic heterocycles. The number of carbonyl (C=O) groups excluding carboxylic acids is 1. The predicted octanol–water partition coefficient (Wildman–Crippen LogP) is 5.66.